The van der Waals surface area contributed by atoms with Crippen molar-refractivity contribution >= 4 is 94.6 Å². The molecule has 9 atom stereocenters. The first kappa shape index (κ1) is 78.3. The summed E-state index contributed by atoms with van der Waals surface area (Å²) < 4.78 is 33.5. The fraction of sp³-hybridized carbons (Fsp3) is 0.615. The van der Waals surface area contributed by atoms with Crippen molar-refractivity contribution in [1.82, 2.24) is 47.9 Å². The molecule has 9 unspecified atom stereocenters. The monoisotopic (exact) mass is 1210 g/mol. The number of carbonyl (C=O) groups is 16. The highest BCUT2D eigenvalue weighted by Crippen LogP contribution is 2.07. The Morgan fingerprint density at radius 3 is 1.12 bits per heavy atom. The largest absolute Gasteiger partial charge is 0.469 e. The van der Waals surface area contributed by atoms with Crippen molar-refractivity contribution < 1.29 is 110 Å². The molecular weight excluding hydrogens is 1130 g/mol. The molecule has 9 amide bonds. The number of rotatable bonds is 40. The van der Waals surface area contributed by atoms with E-state index in [4.69, 9.17) is 24.7 Å². The molecule has 0 aliphatic rings. The van der Waals surface area contributed by atoms with Gasteiger partial charge in [0.25, 0.3) is 0 Å². The summed E-state index contributed by atoms with van der Waals surface area (Å²) in [6.07, 6.45) is 1.13. The van der Waals surface area contributed by atoms with E-state index in [2.05, 4.69) is 75.2 Å². The van der Waals surface area contributed by atoms with E-state index < -0.39 is 163 Å². The maximum Gasteiger partial charge on any atom is 0.328 e. The number of hydrogen-bond acceptors (Lipinski definition) is 24. The minimum Gasteiger partial charge on any atom is -0.469 e. The molecule has 0 aromatic heterocycles. The molecule has 0 bridgehead atoms. The van der Waals surface area contributed by atoms with E-state index in [0.29, 0.717) is 0 Å². The zero-order chi connectivity index (χ0) is 65.4. The first-order chi connectivity index (χ1) is 39.9. The van der Waals surface area contributed by atoms with Gasteiger partial charge in [0, 0.05) is 33.0 Å². The van der Waals surface area contributed by atoms with Crippen molar-refractivity contribution in [2.75, 3.05) is 75.1 Å². The third-order valence-electron chi connectivity index (χ3n) is 11.1. The number of carbonyl (C=O) groups excluding carboxylic acids is 16. The summed E-state index contributed by atoms with van der Waals surface area (Å²) in [5.74, 6) is -12.6. The quantitative estimate of drug-likeness (QED) is 0.0156. The van der Waals surface area contributed by atoms with Crippen LogP contribution in [0.15, 0.2) is 25.3 Å². The Morgan fingerprint density at radius 1 is 0.435 bits per heavy atom. The zero-order valence-corrected chi connectivity index (χ0v) is 49.4. The van der Waals surface area contributed by atoms with Gasteiger partial charge in [-0.15, -0.1) is 0 Å². The molecule has 33 heteroatoms. The predicted molar refractivity (Wildman–Crippen MR) is 294 cm³/mol. The van der Waals surface area contributed by atoms with Crippen LogP contribution in [0.4, 0.5) is 0 Å². The van der Waals surface area contributed by atoms with Gasteiger partial charge in [0.2, 0.25) is 53.2 Å². The van der Waals surface area contributed by atoms with Crippen molar-refractivity contribution in [3.05, 3.63) is 25.3 Å². The van der Waals surface area contributed by atoms with E-state index in [9.17, 15) is 76.7 Å². The summed E-state index contributed by atoms with van der Waals surface area (Å²) in [5.41, 5.74) is 5.47. The highest BCUT2D eigenvalue weighted by Gasteiger charge is 2.33. The van der Waals surface area contributed by atoms with Gasteiger partial charge in [-0.1, -0.05) is 32.2 Å². The van der Waals surface area contributed by atoms with Crippen LogP contribution in [0.25, 0.3) is 0 Å². The lowest BCUT2D eigenvalue weighted by molar-refractivity contribution is -0.148. The summed E-state index contributed by atoms with van der Waals surface area (Å²) >= 11 is 0. The Morgan fingerprint density at radius 2 is 0.788 bits per heavy atom. The first-order valence-corrected chi connectivity index (χ1v) is 26.1. The van der Waals surface area contributed by atoms with Gasteiger partial charge >= 0.3 is 29.8 Å². The molecule has 0 aliphatic heterocycles. The maximum atomic E-state index is 12.9. The van der Waals surface area contributed by atoms with Crippen LogP contribution in [0.2, 0.25) is 0 Å². The molecule has 11 N–H and O–H groups in total. The van der Waals surface area contributed by atoms with Crippen molar-refractivity contribution in [3.63, 3.8) is 0 Å². The van der Waals surface area contributed by atoms with Crippen molar-refractivity contribution in [3.8, 4) is 0 Å². The van der Waals surface area contributed by atoms with E-state index in [1.807, 2.05) is 0 Å². The Kier molecular flexibility index (Phi) is 40.5. The summed E-state index contributed by atoms with van der Waals surface area (Å²) in [7, 11) is 5.85. The second-order valence-electron chi connectivity index (χ2n) is 18.4. The van der Waals surface area contributed by atoms with Gasteiger partial charge in [-0.2, -0.15) is 0 Å². The van der Waals surface area contributed by atoms with Crippen LogP contribution in [0, 0.1) is 5.92 Å². The minimum atomic E-state index is -1.53. The standard InChI is InChI=1S/C29H45N5O13.C23H37N5O10/c1-8-11-47-29(43)19(10-9-17(3)35)33-28(42)21(15-44-5)32-22(36)14-30-27(41)20(13-24(38)46-7)34-26(40)18(4)31-25(39)16(2)12-23(37)45-6;1-6-9-38-23(35)15(8-7-13(2)29)27-22(34)17(12-36-4)26-18(30)11-25-21(33)16(10-19(31)37-5)28-20(32)14(3)24/h8,16,18-21H,1,9-15H2,2-7H3,(H,30,41)(H,31,39)(H,32,36)(H,33,42)(H,34,40);6,14-17H,1,7-12,24H2,2-5H3,(H,25,33)(H,26,30)(H,27,34)(H,28,32). The molecule has 0 heterocycles. The molecule has 33 nitrogen and oxygen atoms in total. The second-order valence-corrected chi connectivity index (χ2v) is 18.4. The van der Waals surface area contributed by atoms with E-state index in [1.54, 1.807) is 0 Å². The topological polar surface area (TPSA) is 472 Å². The van der Waals surface area contributed by atoms with E-state index in [-0.39, 0.29) is 70.1 Å². The number of hydrogen-bond donors (Lipinski definition) is 10. The molecule has 0 saturated heterocycles. The summed E-state index contributed by atoms with van der Waals surface area (Å²) in [6, 6.07) is -10.1. The van der Waals surface area contributed by atoms with E-state index in [1.165, 1.54) is 61.0 Å². The molecule has 478 valence electrons. The van der Waals surface area contributed by atoms with Crippen molar-refractivity contribution in [1.29, 1.82) is 0 Å². The third-order valence-corrected chi connectivity index (χ3v) is 11.1. The van der Waals surface area contributed by atoms with Gasteiger partial charge in [0.1, 0.15) is 67.1 Å². The van der Waals surface area contributed by atoms with Crippen molar-refractivity contribution in [2.45, 2.75) is 128 Å². The number of ether oxygens (including phenoxy) is 7. The molecule has 0 fully saturated rings. The third kappa shape index (κ3) is 35.1. The predicted octanol–water partition coefficient (Wildman–Crippen LogP) is -5.22. The Bertz CT molecular complexity index is 2350. The molecule has 0 saturated carbocycles. The fourth-order valence-corrected chi connectivity index (χ4v) is 6.36. The number of nitrogens with one attached hydrogen (secondary N) is 9. The van der Waals surface area contributed by atoms with Crippen LogP contribution in [0.3, 0.4) is 0 Å². The molecular formula is C52H82N10O23. The lowest BCUT2D eigenvalue weighted by Crippen LogP contribution is -2.56. The zero-order valence-electron chi connectivity index (χ0n) is 49.4. The smallest absolute Gasteiger partial charge is 0.328 e. The van der Waals surface area contributed by atoms with Crippen LogP contribution in [0.1, 0.15) is 79.6 Å². The lowest BCUT2D eigenvalue weighted by atomic mass is 10.1. The Balaban J connectivity index is 0. The average Bonchev–Trinajstić information content (AvgIpc) is 3.54. The molecule has 0 spiro atoms. The number of ketones is 2. The fourth-order valence-electron chi connectivity index (χ4n) is 6.36. The number of Topliss-reactive ketones (excluding diaryl/α,β-unsaturated/α-hetero) is 2. The lowest BCUT2D eigenvalue weighted by Gasteiger charge is -2.23. The Labute approximate surface area is 491 Å². The molecule has 0 rings (SSSR count). The number of esters is 5. The van der Waals surface area contributed by atoms with Gasteiger partial charge in [0.15, 0.2) is 0 Å². The van der Waals surface area contributed by atoms with Gasteiger partial charge in [-0.25, -0.2) is 9.59 Å². The van der Waals surface area contributed by atoms with Gasteiger partial charge in [-0.3, -0.25) is 57.5 Å². The number of methoxy groups -OCH3 is 5. The highest BCUT2D eigenvalue weighted by molar-refractivity contribution is 5.98. The summed E-state index contributed by atoms with van der Waals surface area (Å²) in [5, 5.41) is 21.0. The van der Waals surface area contributed by atoms with E-state index in [0.717, 1.165) is 21.3 Å². The first-order valence-electron chi connectivity index (χ1n) is 26.1. The van der Waals surface area contributed by atoms with Crippen LogP contribution in [0.5, 0.6) is 0 Å². The average molecular weight is 1220 g/mol. The summed E-state index contributed by atoms with van der Waals surface area (Å²) in [4.78, 5) is 195. The molecule has 0 aliphatic carbocycles. The normalized spacial score (nSPS) is 13.5. The SMILES string of the molecule is C=CCOC(=O)C(CCC(C)=O)NC(=O)C(COC)NC(=O)CNC(=O)C(CC(=O)OC)NC(=O)C(C)N.C=CCOC(=O)C(CCC(C)=O)NC(=O)C(COC)NC(=O)CNC(=O)C(CC(=O)OC)NC(=O)C(C)NC(=O)C(C)CC(=O)OC. The highest BCUT2D eigenvalue weighted by atomic mass is 16.5. The minimum absolute atomic E-state index is 0.00627. The van der Waals surface area contributed by atoms with Crippen LogP contribution < -0.4 is 53.6 Å². The number of nitrogens with two attached hydrogens (primary N) is 1. The molecule has 0 radical (unpaired) electrons. The van der Waals surface area contributed by atoms with Crippen LogP contribution in [-0.2, 0) is 110 Å². The van der Waals surface area contributed by atoms with Crippen LogP contribution >= 0.6 is 0 Å². The maximum absolute atomic E-state index is 12.9. The molecule has 85 heavy (non-hydrogen) atoms. The summed E-state index contributed by atoms with van der Waals surface area (Å²) in [6.45, 7) is 11.4. The Hall–Kier alpha value is -8.72. The van der Waals surface area contributed by atoms with Crippen molar-refractivity contribution in [2.24, 2.45) is 11.7 Å². The van der Waals surface area contributed by atoms with Gasteiger partial charge < -0.3 is 96.3 Å². The van der Waals surface area contributed by atoms with Gasteiger partial charge in [0.05, 0.1) is 72.9 Å². The second kappa shape index (κ2) is 43.9. The number of amides is 9. The van der Waals surface area contributed by atoms with Crippen LogP contribution in [-0.4, -0.2) is 218 Å². The molecule has 0 aromatic carbocycles. The van der Waals surface area contributed by atoms with Gasteiger partial charge in [-0.05, 0) is 40.5 Å². The molecule has 0 aromatic rings. The van der Waals surface area contributed by atoms with E-state index >= 15 is 0 Å².